The van der Waals surface area contributed by atoms with Gasteiger partial charge in [0.1, 0.15) is 11.3 Å². The van der Waals surface area contributed by atoms with Gasteiger partial charge in [-0.15, -0.1) is 24.8 Å². The predicted molar refractivity (Wildman–Crippen MR) is 117 cm³/mol. The summed E-state index contributed by atoms with van der Waals surface area (Å²) >= 11 is 0. The van der Waals surface area contributed by atoms with Crippen molar-refractivity contribution in [1.82, 2.24) is 25.1 Å². The Balaban J connectivity index is 0.00000160. The fraction of sp³-hybridized carbons (Fsp3) is 0.500. The van der Waals surface area contributed by atoms with Gasteiger partial charge in [-0.05, 0) is 32.8 Å². The molecule has 0 radical (unpaired) electrons. The van der Waals surface area contributed by atoms with Gasteiger partial charge in [0.25, 0.3) is 5.91 Å². The second kappa shape index (κ2) is 9.85. The summed E-state index contributed by atoms with van der Waals surface area (Å²) in [4.78, 5) is 37.9. The number of halogens is 3. The maximum atomic E-state index is 14.2. The average Bonchev–Trinajstić information content (AvgIpc) is 2.68. The quantitative estimate of drug-likeness (QED) is 0.747. The smallest absolute Gasteiger partial charge is 0.256 e. The molecule has 1 N–H and O–H groups in total. The molecule has 10 heteroatoms. The van der Waals surface area contributed by atoms with Gasteiger partial charge in [0.15, 0.2) is 0 Å². The third-order valence-electron chi connectivity index (χ3n) is 5.63. The van der Waals surface area contributed by atoms with Crippen LogP contribution >= 0.6 is 24.8 Å². The first-order chi connectivity index (χ1) is 13.4. The number of aryl methyl sites for hydroxylation is 2. The maximum absolute atomic E-state index is 14.2. The minimum atomic E-state index is -0.501. The average molecular weight is 458 g/mol. The minimum Gasteiger partial charge on any atom is -0.337 e. The molecule has 7 nitrogen and oxygen atoms in total. The molecule has 0 saturated carbocycles. The van der Waals surface area contributed by atoms with E-state index in [1.807, 2.05) is 18.7 Å². The van der Waals surface area contributed by atoms with Gasteiger partial charge >= 0.3 is 0 Å². The van der Waals surface area contributed by atoms with Crippen LogP contribution in [0.1, 0.15) is 34.6 Å². The highest BCUT2D eigenvalue weighted by molar-refractivity contribution is 6.04. The van der Waals surface area contributed by atoms with Crippen molar-refractivity contribution >= 4 is 47.7 Å². The molecule has 0 aliphatic carbocycles. The molecule has 164 valence electrons. The van der Waals surface area contributed by atoms with E-state index in [0.29, 0.717) is 42.9 Å². The van der Waals surface area contributed by atoms with Gasteiger partial charge in [0.2, 0.25) is 5.91 Å². The number of hydrogen-bond acceptors (Lipinski definition) is 5. The van der Waals surface area contributed by atoms with Crippen LogP contribution in [0.5, 0.6) is 0 Å². The SMILES string of the molecule is Cc1nc2cc(F)cc(C(=O)N3CCCC(N4CCNCC4=O)C3)c2nc1C.Cl.Cl. The lowest BCUT2D eigenvalue weighted by molar-refractivity contribution is -0.135. The van der Waals surface area contributed by atoms with Crippen molar-refractivity contribution in [2.24, 2.45) is 0 Å². The fourth-order valence-electron chi connectivity index (χ4n) is 4.03. The number of nitrogens with one attached hydrogen (secondary N) is 1. The van der Waals surface area contributed by atoms with Crippen LogP contribution in [0.2, 0.25) is 0 Å². The van der Waals surface area contributed by atoms with Gasteiger partial charge in [-0.1, -0.05) is 0 Å². The first-order valence-corrected chi connectivity index (χ1v) is 9.68. The van der Waals surface area contributed by atoms with Crippen molar-refractivity contribution in [3.63, 3.8) is 0 Å². The number of aromatic nitrogens is 2. The van der Waals surface area contributed by atoms with Gasteiger partial charge in [0, 0.05) is 38.3 Å². The van der Waals surface area contributed by atoms with Crippen molar-refractivity contribution in [2.75, 3.05) is 32.7 Å². The zero-order chi connectivity index (χ0) is 19.8. The molecule has 2 saturated heterocycles. The monoisotopic (exact) mass is 457 g/mol. The molecule has 1 unspecified atom stereocenters. The zero-order valence-electron chi connectivity index (χ0n) is 17.0. The molecule has 2 fully saturated rings. The molecule has 1 atom stereocenters. The molecule has 0 spiro atoms. The highest BCUT2D eigenvalue weighted by Crippen LogP contribution is 2.24. The number of nitrogens with zero attached hydrogens (tertiary/aromatic N) is 4. The van der Waals surface area contributed by atoms with Crippen LogP contribution in [0.25, 0.3) is 11.0 Å². The number of carbonyl (C=O) groups excluding carboxylic acids is 2. The molecule has 2 aliphatic rings. The molecule has 2 amide bonds. The van der Waals surface area contributed by atoms with E-state index in [-0.39, 0.29) is 48.2 Å². The fourth-order valence-corrected chi connectivity index (χ4v) is 4.03. The van der Waals surface area contributed by atoms with E-state index < -0.39 is 5.82 Å². The molecule has 1 aromatic heterocycles. The van der Waals surface area contributed by atoms with E-state index in [0.717, 1.165) is 25.1 Å². The third-order valence-corrected chi connectivity index (χ3v) is 5.63. The summed E-state index contributed by atoms with van der Waals surface area (Å²) in [5.74, 6) is -0.688. The molecule has 2 aliphatic heterocycles. The van der Waals surface area contributed by atoms with E-state index in [4.69, 9.17) is 0 Å². The number of carbonyl (C=O) groups is 2. The lowest BCUT2D eigenvalue weighted by Crippen LogP contribution is -2.57. The Labute approximate surface area is 187 Å². The molecule has 4 rings (SSSR count). The second-order valence-corrected chi connectivity index (χ2v) is 7.53. The maximum Gasteiger partial charge on any atom is 0.256 e. The van der Waals surface area contributed by atoms with Crippen molar-refractivity contribution in [3.05, 3.63) is 34.9 Å². The second-order valence-electron chi connectivity index (χ2n) is 7.53. The Morgan fingerprint density at radius 2 is 1.90 bits per heavy atom. The highest BCUT2D eigenvalue weighted by Gasteiger charge is 2.32. The van der Waals surface area contributed by atoms with E-state index in [1.54, 1.807) is 4.90 Å². The number of amides is 2. The standard InChI is InChI=1S/C20H24FN5O2.2ClH/c1-12-13(2)24-19-16(8-14(21)9-17(19)23-12)20(28)25-6-3-4-15(11-25)26-7-5-22-10-18(26)27;;/h8-9,15,22H,3-7,10-11H2,1-2H3;2*1H. The highest BCUT2D eigenvalue weighted by atomic mass is 35.5. The lowest BCUT2D eigenvalue weighted by atomic mass is 10.0. The van der Waals surface area contributed by atoms with Crippen molar-refractivity contribution < 1.29 is 14.0 Å². The third kappa shape index (κ3) is 4.66. The van der Waals surface area contributed by atoms with Crippen LogP contribution in [-0.2, 0) is 4.79 Å². The zero-order valence-corrected chi connectivity index (χ0v) is 18.6. The summed E-state index contributed by atoms with van der Waals surface area (Å²) < 4.78 is 14.2. The topological polar surface area (TPSA) is 78.4 Å². The van der Waals surface area contributed by atoms with E-state index in [2.05, 4.69) is 15.3 Å². The number of benzene rings is 1. The summed E-state index contributed by atoms with van der Waals surface area (Å²) in [6.07, 6.45) is 1.68. The van der Waals surface area contributed by atoms with Crippen LogP contribution in [0.3, 0.4) is 0 Å². The summed E-state index contributed by atoms with van der Waals surface area (Å²) in [7, 11) is 0. The van der Waals surface area contributed by atoms with Crippen LogP contribution in [0, 0.1) is 19.7 Å². The molecular formula is C20H26Cl2FN5O2. The normalized spacial score (nSPS) is 19.3. The number of piperazine rings is 1. The van der Waals surface area contributed by atoms with Gasteiger partial charge in [-0.3, -0.25) is 9.59 Å². The van der Waals surface area contributed by atoms with E-state index >= 15 is 0 Å². The summed E-state index contributed by atoms with van der Waals surface area (Å²) in [5, 5.41) is 3.07. The van der Waals surface area contributed by atoms with Gasteiger partial charge < -0.3 is 15.1 Å². The molecule has 0 bridgehead atoms. The number of likely N-dealkylation sites (tertiary alicyclic amines) is 1. The van der Waals surface area contributed by atoms with Gasteiger partial charge in [-0.2, -0.15) is 0 Å². The number of rotatable bonds is 2. The molecule has 2 aromatic rings. The number of piperidine rings is 1. The Morgan fingerprint density at radius 1 is 1.17 bits per heavy atom. The van der Waals surface area contributed by atoms with Gasteiger partial charge in [0.05, 0.1) is 29.0 Å². The van der Waals surface area contributed by atoms with E-state index in [1.165, 1.54) is 12.1 Å². The summed E-state index contributed by atoms with van der Waals surface area (Å²) in [5.41, 5.74) is 2.48. The predicted octanol–water partition coefficient (Wildman–Crippen LogP) is 2.27. The van der Waals surface area contributed by atoms with Crippen molar-refractivity contribution in [1.29, 1.82) is 0 Å². The molecular weight excluding hydrogens is 432 g/mol. The molecule has 3 heterocycles. The van der Waals surface area contributed by atoms with Crippen LogP contribution < -0.4 is 5.32 Å². The summed E-state index contributed by atoms with van der Waals surface area (Å²) in [6, 6.07) is 2.56. The van der Waals surface area contributed by atoms with Gasteiger partial charge in [-0.25, -0.2) is 14.4 Å². The first kappa shape index (κ1) is 24.2. The Hall–Kier alpha value is -2.03. The largest absolute Gasteiger partial charge is 0.337 e. The minimum absolute atomic E-state index is 0. The lowest BCUT2D eigenvalue weighted by Gasteiger charge is -2.41. The van der Waals surface area contributed by atoms with Crippen molar-refractivity contribution in [2.45, 2.75) is 32.7 Å². The van der Waals surface area contributed by atoms with Crippen molar-refractivity contribution in [3.8, 4) is 0 Å². The first-order valence-electron chi connectivity index (χ1n) is 9.68. The summed E-state index contributed by atoms with van der Waals surface area (Å²) in [6.45, 7) is 6.44. The Morgan fingerprint density at radius 3 is 2.63 bits per heavy atom. The number of hydrogen-bond donors (Lipinski definition) is 1. The molecule has 30 heavy (non-hydrogen) atoms. The molecule has 1 aromatic carbocycles. The van der Waals surface area contributed by atoms with Crippen LogP contribution in [-0.4, -0.2) is 70.3 Å². The van der Waals surface area contributed by atoms with Crippen LogP contribution in [0.4, 0.5) is 4.39 Å². The van der Waals surface area contributed by atoms with Crippen LogP contribution in [0.15, 0.2) is 12.1 Å². The van der Waals surface area contributed by atoms with E-state index in [9.17, 15) is 14.0 Å². The number of fused-ring (bicyclic) bond motifs is 1. The Bertz CT molecular complexity index is 958. The Kier molecular flexibility index (Phi) is 7.96.